The molecule has 1 aliphatic heterocycles. The number of fused-ring (bicyclic) bond motifs is 3. The minimum absolute atomic E-state index is 0.158. The number of anilines is 3. The Morgan fingerprint density at radius 1 is 1.07 bits per heavy atom. The number of halogens is 1. The maximum atomic E-state index is 13.6. The molecule has 0 amide bonds. The Bertz CT molecular complexity index is 1790. The average molecular weight is 539 g/mol. The van der Waals surface area contributed by atoms with Crippen LogP contribution in [0.2, 0.25) is 0 Å². The highest BCUT2D eigenvalue weighted by Crippen LogP contribution is 2.30. The van der Waals surface area contributed by atoms with Gasteiger partial charge in [0, 0.05) is 63.5 Å². The Kier molecular flexibility index (Phi) is 6.77. The molecular formula is C30H31FN8O. The van der Waals surface area contributed by atoms with Crippen LogP contribution in [0.1, 0.15) is 16.8 Å². The second-order valence-corrected chi connectivity index (χ2v) is 10.2. The standard InChI is InChI=1S/C30H31FN8O/c1-19-18-21(31)7-9-23(19)35-30-36-25-10-8-22-20(2)24(34-28(40)26(22)27(25)37(30)3)6-4-13-38-14-16-39(17-15-38)29-32-11-5-12-33-29/h4-12,18H,13-17H2,1-3H3,(H,34,40)(H,35,36). The maximum absolute atomic E-state index is 13.6. The number of rotatable bonds is 6. The number of nitrogens with zero attached hydrogens (tertiary/aromatic N) is 6. The summed E-state index contributed by atoms with van der Waals surface area (Å²) in [5, 5.41) is 4.78. The second-order valence-electron chi connectivity index (χ2n) is 10.2. The van der Waals surface area contributed by atoms with Crippen LogP contribution < -0.4 is 15.8 Å². The molecule has 1 fully saturated rings. The molecule has 10 heteroatoms. The highest BCUT2D eigenvalue weighted by molar-refractivity contribution is 6.06. The highest BCUT2D eigenvalue weighted by atomic mass is 19.1. The Hall–Kier alpha value is -4.57. The van der Waals surface area contributed by atoms with Crippen LogP contribution in [-0.2, 0) is 7.05 Å². The molecule has 0 spiro atoms. The van der Waals surface area contributed by atoms with Crippen molar-refractivity contribution in [2.75, 3.05) is 42.9 Å². The molecule has 0 radical (unpaired) electrons. The summed E-state index contributed by atoms with van der Waals surface area (Å²) in [5.74, 6) is 1.07. The fourth-order valence-electron chi connectivity index (χ4n) is 5.34. The van der Waals surface area contributed by atoms with Crippen molar-refractivity contribution >= 4 is 45.5 Å². The van der Waals surface area contributed by atoms with Crippen LogP contribution in [0, 0.1) is 19.7 Å². The van der Waals surface area contributed by atoms with E-state index in [1.54, 1.807) is 18.5 Å². The maximum Gasteiger partial charge on any atom is 0.258 e. The number of aryl methyl sites for hydroxylation is 3. The van der Waals surface area contributed by atoms with E-state index in [9.17, 15) is 9.18 Å². The molecule has 9 nitrogen and oxygen atoms in total. The molecule has 0 bridgehead atoms. The number of aromatic nitrogens is 5. The van der Waals surface area contributed by atoms with E-state index in [1.165, 1.54) is 12.1 Å². The number of hydrogen-bond acceptors (Lipinski definition) is 7. The second kappa shape index (κ2) is 10.5. The summed E-state index contributed by atoms with van der Waals surface area (Å²) in [7, 11) is 1.88. The highest BCUT2D eigenvalue weighted by Gasteiger charge is 2.19. The van der Waals surface area contributed by atoms with Gasteiger partial charge in [-0.1, -0.05) is 12.1 Å². The van der Waals surface area contributed by atoms with Gasteiger partial charge in [0.15, 0.2) is 0 Å². The van der Waals surface area contributed by atoms with Crippen molar-refractivity contribution in [1.82, 2.24) is 29.4 Å². The molecule has 2 aromatic carbocycles. The van der Waals surface area contributed by atoms with Gasteiger partial charge in [0.25, 0.3) is 5.56 Å². The third-order valence-electron chi connectivity index (χ3n) is 7.61. The zero-order valence-corrected chi connectivity index (χ0v) is 22.8. The number of hydrogen-bond donors (Lipinski definition) is 2. The summed E-state index contributed by atoms with van der Waals surface area (Å²) in [6.07, 6.45) is 7.65. The molecule has 0 unspecified atom stereocenters. The first-order valence-corrected chi connectivity index (χ1v) is 13.3. The predicted molar refractivity (Wildman–Crippen MR) is 158 cm³/mol. The monoisotopic (exact) mass is 538 g/mol. The predicted octanol–water partition coefficient (Wildman–Crippen LogP) is 4.54. The number of benzene rings is 2. The fraction of sp³-hybridized carbons (Fsp3) is 0.267. The third kappa shape index (κ3) is 4.82. The Morgan fingerprint density at radius 3 is 2.60 bits per heavy atom. The lowest BCUT2D eigenvalue weighted by Gasteiger charge is -2.34. The Labute approximate surface area is 231 Å². The van der Waals surface area contributed by atoms with E-state index in [0.717, 1.165) is 72.1 Å². The summed E-state index contributed by atoms with van der Waals surface area (Å²) in [6.45, 7) is 8.25. The minimum atomic E-state index is -0.286. The minimum Gasteiger partial charge on any atom is -0.338 e. The molecule has 0 atom stereocenters. The summed E-state index contributed by atoms with van der Waals surface area (Å²) in [4.78, 5) is 34.5. The van der Waals surface area contributed by atoms with Crippen LogP contribution >= 0.6 is 0 Å². The van der Waals surface area contributed by atoms with Crippen LogP contribution in [0.4, 0.5) is 22.0 Å². The lowest BCUT2D eigenvalue weighted by molar-refractivity contribution is 0.283. The number of aromatic amines is 1. The molecule has 0 saturated carbocycles. The third-order valence-corrected chi connectivity index (χ3v) is 7.61. The summed E-state index contributed by atoms with van der Waals surface area (Å²) >= 11 is 0. The quantitative estimate of drug-likeness (QED) is 0.328. The molecule has 4 heterocycles. The summed E-state index contributed by atoms with van der Waals surface area (Å²) < 4.78 is 15.4. The van der Waals surface area contributed by atoms with E-state index in [-0.39, 0.29) is 11.4 Å². The van der Waals surface area contributed by atoms with Gasteiger partial charge in [-0.15, -0.1) is 0 Å². The molecule has 2 N–H and O–H groups in total. The van der Waals surface area contributed by atoms with Gasteiger partial charge in [-0.3, -0.25) is 9.69 Å². The smallest absolute Gasteiger partial charge is 0.258 e. The van der Waals surface area contributed by atoms with Gasteiger partial charge < -0.3 is 19.8 Å². The van der Waals surface area contributed by atoms with Crippen LogP contribution in [0.5, 0.6) is 0 Å². The largest absolute Gasteiger partial charge is 0.338 e. The van der Waals surface area contributed by atoms with Gasteiger partial charge in [-0.25, -0.2) is 19.3 Å². The van der Waals surface area contributed by atoms with Gasteiger partial charge in [-0.05, 0) is 66.8 Å². The summed E-state index contributed by atoms with van der Waals surface area (Å²) in [5.41, 5.74) is 4.64. The first-order valence-electron chi connectivity index (χ1n) is 13.3. The van der Waals surface area contributed by atoms with E-state index in [0.29, 0.717) is 16.9 Å². The Balaban J connectivity index is 1.23. The molecule has 6 rings (SSSR count). The number of piperazine rings is 1. The van der Waals surface area contributed by atoms with Crippen molar-refractivity contribution in [3.8, 4) is 0 Å². The molecule has 1 aliphatic rings. The molecule has 5 aromatic rings. The number of nitrogens with one attached hydrogen (secondary N) is 2. The van der Waals surface area contributed by atoms with Gasteiger partial charge in [-0.2, -0.15) is 0 Å². The zero-order chi connectivity index (χ0) is 27.8. The van der Waals surface area contributed by atoms with Crippen molar-refractivity contribution in [2.24, 2.45) is 7.05 Å². The SMILES string of the molecule is Cc1cc(F)ccc1Nc1nc2ccc3c(C)c(C=CCN4CCN(c5ncccn5)CC4)[nH]c(=O)c3c2n1C. The van der Waals surface area contributed by atoms with Crippen molar-refractivity contribution in [2.45, 2.75) is 13.8 Å². The van der Waals surface area contributed by atoms with Crippen LogP contribution in [0.15, 0.2) is 59.7 Å². The molecule has 40 heavy (non-hydrogen) atoms. The van der Waals surface area contributed by atoms with Crippen molar-refractivity contribution in [1.29, 1.82) is 0 Å². The lowest BCUT2D eigenvalue weighted by Crippen LogP contribution is -2.46. The first-order chi connectivity index (χ1) is 19.4. The molecule has 0 aliphatic carbocycles. The topological polar surface area (TPSA) is 95.0 Å². The molecule has 1 saturated heterocycles. The van der Waals surface area contributed by atoms with Crippen LogP contribution in [0.25, 0.3) is 27.9 Å². The number of imidazole rings is 1. The van der Waals surface area contributed by atoms with Gasteiger partial charge in [0.1, 0.15) is 5.82 Å². The van der Waals surface area contributed by atoms with Crippen molar-refractivity contribution in [3.05, 3.63) is 87.9 Å². The molecule has 3 aromatic heterocycles. The summed E-state index contributed by atoms with van der Waals surface area (Å²) in [6, 6.07) is 10.3. The molecule has 204 valence electrons. The van der Waals surface area contributed by atoms with Crippen LogP contribution in [0.3, 0.4) is 0 Å². The van der Waals surface area contributed by atoms with E-state index >= 15 is 0 Å². The van der Waals surface area contributed by atoms with Crippen LogP contribution in [-0.4, -0.2) is 62.1 Å². The van der Waals surface area contributed by atoms with Gasteiger partial charge in [0.05, 0.1) is 16.4 Å². The fourth-order valence-corrected chi connectivity index (χ4v) is 5.34. The normalized spacial score (nSPS) is 14.6. The first kappa shape index (κ1) is 25.7. The Morgan fingerprint density at radius 2 is 1.85 bits per heavy atom. The number of pyridine rings is 1. The van der Waals surface area contributed by atoms with Gasteiger partial charge >= 0.3 is 0 Å². The number of H-pyrrole nitrogens is 1. The lowest BCUT2D eigenvalue weighted by atomic mass is 10.0. The van der Waals surface area contributed by atoms with E-state index in [2.05, 4.69) is 36.1 Å². The van der Waals surface area contributed by atoms with Crippen molar-refractivity contribution < 1.29 is 4.39 Å². The van der Waals surface area contributed by atoms with Gasteiger partial charge in [0.2, 0.25) is 11.9 Å². The van der Waals surface area contributed by atoms with E-state index in [4.69, 9.17) is 4.98 Å². The zero-order valence-electron chi connectivity index (χ0n) is 22.8. The van der Waals surface area contributed by atoms with Crippen molar-refractivity contribution in [3.63, 3.8) is 0 Å². The molecular weight excluding hydrogens is 507 g/mol. The average Bonchev–Trinajstić information content (AvgIpc) is 3.28. The van der Waals surface area contributed by atoms with E-state index < -0.39 is 0 Å². The van der Waals surface area contributed by atoms with E-state index in [1.807, 2.05) is 49.7 Å².